The molecular formula is C37H39N2NaO11. The van der Waals surface area contributed by atoms with Gasteiger partial charge in [-0.05, 0) is 86.6 Å². The number of carboxylic acids is 1. The van der Waals surface area contributed by atoms with E-state index in [-0.39, 0.29) is 65.1 Å². The molecule has 264 valence electrons. The number of carbonyl (C=O) groups excluding carboxylic acids is 3. The van der Waals surface area contributed by atoms with E-state index >= 15 is 0 Å². The van der Waals surface area contributed by atoms with E-state index in [9.17, 15) is 34.5 Å². The smallest absolute Gasteiger partial charge is 0.543 e. The van der Waals surface area contributed by atoms with Gasteiger partial charge in [-0.2, -0.15) is 0 Å². The van der Waals surface area contributed by atoms with E-state index in [0.717, 1.165) is 22.6 Å². The molecule has 0 aliphatic carbocycles. The van der Waals surface area contributed by atoms with Crippen LogP contribution < -0.4 is 50.0 Å². The van der Waals surface area contributed by atoms with Gasteiger partial charge >= 0.3 is 35.4 Å². The molecule has 4 aliphatic heterocycles. The van der Waals surface area contributed by atoms with Crippen molar-refractivity contribution in [1.82, 2.24) is 9.80 Å². The van der Waals surface area contributed by atoms with E-state index < -0.39 is 29.9 Å². The second-order valence-electron chi connectivity index (χ2n) is 12.9. The average molecular weight is 711 g/mol. The van der Waals surface area contributed by atoms with Crippen molar-refractivity contribution in [1.29, 1.82) is 0 Å². The van der Waals surface area contributed by atoms with Gasteiger partial charge in [0.15, 0.2) is 0 Å². The molecule has 14 heteroatoms. The first-order chi connectivity index (χ1) is 23.9. The second kappa shape index (κ2) is 15.2. The molecule has 5 heterocycles. The number of aliphatic hydroxyl groups is 2. The van der Waals surface area contributed by atoms with Crippen LogP contribution in [0.3, 0.4) is 0 Å². The zero-order chi connectivity index (χ0) is 36.0. The molecule has 2 amide bonds. The Bertz CT molecular complexity index is 1920. The predicted octanol–water partition coefficient (Wildman–Crippen LogP) is -0.723. The number of aliphatic hydroxyl groups excluding tert-OH is 2. The van der Waals surface area contributed by atoms with Crippen LogP contribution in [-0.2, 0) is 20.8 Å². The fourth-order valence-corrected chi connectivity index (χ4v) is 7.61. The number of hydrogen-bond donors (Lipinski definition) is 2. The molecule has 2 aromatic carbocycles. The van der Waals surface area contributed by atoms with E-state index in [1.165, 1.54) is 4.90 Å². The van der Waals surface area contributed by atoms with E-state index in [1.807, 2.05) is 24.3 Å². The van der Waals surface area contributed by atoms with Gasteiger partial charge in [-0.25, -0.2) is 4.79 Å². The van der Waals surface area contributed by atoms with Crippen molar-refractivity contribution in [2.75, 3.05) is 14.2 Å². The largest absolute Gasteiger partial charge is 1.00 e. The van der Waals surface area contributed by atoms with Crippen molar-refractivity contribution in [3.8, 4) is 11.5 Å². The zero-order valence-corrected chi connectivity index (χ0v) is 31.4. The summed E-state index contributed by atoms with van der Waals surface area (Å²) in [6.07, 6.45) is 0.613. The van der Waals surface area contributed by atoms with Crippen LogP contribution in [0.1, 0.15) is 55.8 Å². The minimum atomic E-state index is -1.37. The SMILES string of the molecule is COc1ccc(C2=C(C(=O)[O-])N3C(=O)[C@H]([C@@H](C)O)[C@H]3C2)cc1.COc1ccc(C2=C(CCc3oc(=O)oc3C)N3C(=O)[C@H]([C@@H](C)O)[C@H]3C2)cc1.[Na+]. The Morgan fingerprint density at radius 1 is 0.804 bits per heavy atom. The van der Waals surface area contributed by atoms with E-state index in [1.54, 1.807) is 64.2 Å². The number of fused-ring (bicyclic) bond motifs is 2. The minimum absolute atomic E-state index is 0. The van der Waals surface area contributed by atoms with Crippen molar-refractivity contribution in [2.45, 2.75) is 70.7 Å². The summed E-state index contributed by atoms with van der Waals surface area (Å²) in [5.74, 6) is -1.03. The molecule has 0 saturated carbocycles. The standard InChI is InChI=1S/C21H23NO6.C16H17NO5.Na/c1-11(23)19-17-10-15(13-4-6-14(26-3)7-5-13)16(22(17)20(19)24)8-9-18-12(2)27-21(25)28-18;1-8(18)13-12-7-11(9-3-5-10(22-2)6-4-9)14(16(20)21)17(12)15(13)19;/h4-7,11,17,19,23H,8-10H2,1-3H3;3-6,8,12-13,18H,7H2,1-2H3,(H,20,21);/q;;+1/p-1/t11-,17-,19-;8-,12-,13-;/m11./s1. The quantitative estimate of drug-likeness (QED) is 0.200. The monoisotopic (exact) mass is 710 g/mol. The van der Waals surface area contributed by atoms with Crippen LogP contribution in [0.4, 0.5) is 0 Å². The number of nitrogens with zero attached hydrogens (tertiary/aromatic N) is 2. The Balaban J connectivity index is 0.000000199. The summed E-state index contributed by atoms with van der Waals surface area (Å²) >= 11 is 0. The van der Waals surface area contributed by atoms with Crippen molar-refractivity contribution >= 4 is 28.9 Å². The summed E-state index contributed by atoms with van der Waals surface area (Å²) in [4.78, 5) is 50.6. The third-order valence-corrected chi connectivity index (χ3v) is 10.1. The summed E-state index contributed by atoms with van der Waals surface area (Å²) in [5, 5.41) is 31.2. The molecular weight excluding hydrogens is 671 g/mol. The van der Waals surface area contributed by atoms with Crippen LogP contribution in [0.15, 0.2) is 73.6 Å². The number of methoxy groups -OCH3 is 2. The van der Waals surface area contributed by atoms with Crippen LogP contribution in [0, 0.1) is 18.8 Å². The molecule has 51 heavy (non-hydrogen) atoms. The average Bonchev–Trinajstić information content (AvgIpc) is 3.71. The first-order valence-electron chi connectivity index (χ1n) is 16.4. The molecule has 1 aromatic heterocycles. The number of allylic oxidation sites excluding steroid dienone is 1. The summed E-state index contributed by atoms with van der Waals surface area (Å²) in [5.41, 5.74) is 4.20. The van der Waals surface area contributed by atoms with Gasteiger partial charge in [0.25, 0.3) is 0 Å². The molecule has 13 nitrogen and oxygen atoms in total. The van der Waals surface area contributed by atoms with Crippen LogP contribution in [0.25, 0.3) is 11.1 Å². The number of β-lactam (4-membered cyclic amide) rings is 2. The number of carbonyl (C=O) groups is 3. The Hall–Kier alpha value is -4.14. The Labute approximate surface area is 316 Å². The van der Waals surface area contributed by atoms with Gasteiger partial charge in [0, 0.05) is 12.1 Å². The molecule has 2 fully saturated rings. The fraction of sp³-hybridized carbons (Fsp3) is 0.405. The summed E-state index contributed by atoms with van der Waals surface area (Å²) < 4.78 is 20.4. The summed E-state index contributed by atoms with van der Waals surface area (Å²) in [6, 6.07) is 14.4. The number of aryl methyl sites for hydroxylation is 2. The van der Waals surface area contributed by atoms with Crippen LogP contribution in [0.2, 0.25) is 0 Å². The maximum Gasteiger partial charge on any atom is 1.00 e. The minimum Gasteiger partial charge on any atom is -0.543 e. The van der Waals surface area contributed by atoms with Crippen LogP contribution in [-0.4, -0.2) is 76.3 Å². The number of benzene rings is 2. The Morgan fingerprint density at radius 2 is 1.27 bits per heavy atom. The second-order valence-corrected chi connectivity index (χ2v) is 12.9. The zero-order valence-electron chi connectivity index (χ0n) is 29.4. The van der Waals surface area contributed by atoms with Crippen LogP contribution >= 0.6 is 0 Å². The predicted molar refractivity (Wildman–Crippen MR) is 176 cm³/mol. The number of ether oxygens (including phenoxy) is 2. The van der Waals surface area contributed by atoms with Gasteiger partial charge in [-0.1, -0.05) is 24.3 Å². The number of rotatable bonds is 10. The molecule has 3 aromatic rings. The topological polar surface area (TPSA) is 183 Å². The first-order valence-corrected chi connectivity index (χ1v) is 16.4. The maximum absolute atomic E-state index is 12.7. The molecule has 0 bridgehead atoms. The van der Waals surface area contributed by atoms with Crippen molar-refractivity contribution in [3.05, 3.63) is 93.2 Å². The van der Waals surface area contributed by atoms with Gasteiger partial charge in [0.2, 0.25) is 11.8 Å². The van der Waals surface area contributed by atoms with Crippen molar-refractivity contribution in [3.63, 3.8) is 0 Å². The number of aliphatic carboxylic acids is 1. The van der Waals surface area contributed by atoms with Gasteiger partial charge < -0.3 is 48.2 Å². The molecule has 6 atom stereocenters. The molecule has 0 unspecified atom stereocenters. The number of amides is 2. The fourth-order valence-electron chi connectivity index (χ4n) is 7.61. The van der Waals surface area contributed by atoms with E-state index in [0.29, 0.717) is 54.1 Å². The molecule has 0 radical (unpaired) electrons. The third kappa shape index (κ3) is 6.93. The summed E-state index contributed by atoms with van der Waals surface area (Å²) in [6.45, 7) is 4.90. The Kier molecular flexibility index (Phi) is 11.4. The van der Waals surface area contributed by atoms with Gasteiger partial charge in [0.05, 0.1) is 62.0 Å². The molecule has 2 N–H and O–H groups in total. The van der Waals surface area contributed by atoms with Gasteiger partial charge in [-0.15, -0.1) is 0 Å². The molecule has 0 spiro atoms. The molecule has 2 saturated heterocycles. The van der Waals surface area contributed by atoms with Crippen LogP contribution in [0.5, 0.6) is 11.5 Å². The molecule has 7 rings (SSSR count). The number of hydrogen-bond acceptors (Lipinski definition) is 11. The van der Waals surface area contributed by atoms with Crippen molar-refractivity contribution in [2.24, 2.45) is 11.8 Å². The van der Waals surface area contributed by atoms with Crippen molar-refractivity contribution < 1.29 is 77.6 Å². The van der Waals surface area contributed by atoms with Gasteiger partial charge in [-0.3, -0.25) is 9.59 Å². The number of carboxylic acid groups (broad SMARTS) is 1. The van der Waals surface area contributed by atoms with E-state index in [4.69, 9.17) is 18.3 Å². The summed E-state index contributed by atoms with van der Waals surface area (Å²) in [7, 11) is 3.17. The van der Waals surface area contributed by atoms with E-state index in [2.05, 4.69) is 0 Å². The Morgan fingerprint density at radius 3 is 1.73 bits per heavy atom. The third-order valence-electron chi connectivity index (χ3n) is 10.1. The normalized spacial score (nSPS) is 23.0. The molecule has 4 aliphatic rings. The first kappa shape index (κ1) is 38.1. The van der Waals surface area contributed by atoms with Gasteiger partial charge in [0.1, 0.15) is 23.0 Å². The maximum atomic E-state index is 12.7.